The molecule has 0 spiro atoms. The lowest BCUT2D eigenvalue weighted by Gasteiger charge is -2.26. The van der Waals surface area contributed by atoms with Crippen LogP contribution in [0.2, 0.25) is 0 Å². The summed E-state index contributed by atoms with van der Waals surface area (Å²) < 4.78 is 5.34. The third kappa shape index (κ3) is 7.00. The first-order valence-corrected chi connectivity index (χ1v) is 10.2. The van der Waals surface area contributed by atoms with Crippen molar-refractivity contribution in [1.29, 1.82) is 0 Å². The Morgan fingerprint density at radius 2 is 1.45 bits per heavy atom. The maximum absolute atomic E-state index is 12.8. The van der Waals surface area contributed by atoms with E-state index < -0.39 is 11.8 Å². The summed E-state index contributed by atoms with van der Waals surface area (Å²) in [5.41, 5.74) is 1.99. The van der Waals surface area contributed by atoms with Gasteiger partial charge in [0.15, 0.2) is 0 Å². The molecule has 2 aromatic carbocycles. The van der Waals surface area contributed by atoms with Crippen LogP contribution in [0, 0.1) is 0 Å². The van der Waals surface area contributed by atoms with Crippen molar-refractivity contribution >= 4 is 11.8 Å². The van der Waals surface area contributed by atoms with Gasteiger partial charge < -0.3 is 15.0 Å². The van der Waals surface area contributed by atoms with Gasteiger partial charge in [0.25, 0.3) is 0 Å². The first kappa shape index (κ1) is 21.0. The predicted molar refractivity (Wildman–Crippen MR) is 112 cm³/mol. The number of carbonyl (C=O) groups is 2. The summed E-state index contributed by atoms with van der Waals surface area (Å²) >= 11 is 0. The smallest absolute Gasteiger partial charge is 0.312 e. The van der Waals surface area contributed by atoms with E-state index in [0.717, 1.165) is 50.4 Å². The van der Waals surface area contributed by atoms with Crippen LogP contribution in [-0.2, 0) is 27.4 Å². The molecule has 1 N–H and O–H groups in total. The van der Waals surface area contributed by atoms with Crippen molar-refractivity contribution < 1.29 is 14.3 Å². The number of rotatable bonds is 8. The summed E-state index contributed by atoms with van der Waals surface area (Å²) in [6, 6.07) is 19.5. The standard InChI is InChI=1S/C23H29N3O3/c27-22(24-12-7-13-25-14-16-29-17-15-25)23(28)26(18-20-8-3-1-4-9-20)19-21-10-5-2-6-11-21/h1-6,8-11H,7,12-19H2,(H,24,27). The minimum atomic E-state index is -0.543. The van der Waals surface area contributed by atoms with Crippen LogP contribution >= 0.6 is 0 Å². The second-order valence-electron chi connectivity index (χ2n) is 7.20. The molecule has 0 saturated carbocycles. The molecule has 2 amide bonds. The molecular weight excluding hydrogens is 366 g/mol. The fourth-order valence-electron chi connectivity index (χ4n) is 3.36. The van der Waals surface area contributed by atoms with E-state index in [4.69, 9.17) is 4.74 Å². The maximum atomic E-state index is 12.8. The lowest BCUT2D eigenvalue weighted by atomic mass is 10.1. The third-order valence-electron chi connectivity index (χ3n) is 4.95. The van der Waals surface area contributed by atoms with Crippen LogP contribution < -0.4 is 5.32 Å². The number of carbonyl (C=O) groups excluding carboxylic acids is 2. The molecule has 0 radical (unpaired) electrons. The number of ether oxygens (including phenoxy) is 1. The number of hydrogen-bond acceptors (Lipinski definition) is 4. The van der Waals surface area contributed by atoms with Gasteiger partial charge in [-0.15, -0.1) is 0 Å². The highest BCUT2D eigenvalue weighted by Crippen LogP contribution is 2.10. The lowest BCUT2D eigenvalue weighted by molar-refractivity contribution is -0.146. The molecule has 6 nitrogen and oxygen atoms in total. The zero-order chi connectivity index (χ0) is 20.3. The van der Waals surface area contributed by atoms with Gasteiger partial charge in [-0.05, 0) is 24.1 Å². The molecule has 29 heavy (non-hydrogen) atoms. The van der Waals surface area contributed by atoms with Gasteiger partial charge in [-0.25, -0.2) is 0 Å². The lowest BCUT2D eigenvalue weighted by Crippen LogP contribution is -2.43. The van der Waals surface area contributed by atoms with Gasteiger partial charge in [0.05, 0.1) is 13.2 Å². The molecular formula is C23H29N3O3. The fourth-order valence-corrected chi connectivity index (χ4v) is 3.36. The van der Waals surface area contributed by atoms with E-state index in [1.165, 1.54) is 0 Å². The molecule has 1 saturated heterocycles. The summed E-state index contributed by atoms with van der Waals surface area (Å²) in [7, 11) is 0. The number of benzene rings is 2. The largest absolute Gasteiger partial charge is 0.379 e. The van der Waals surface area contributed by atoms with Crippen LogP contribution in [0.25, 0.3) is 0 Å². The van der Waals surface area contributed by atoms with Gasteiger partial charge in [0, 0.05) is 32.7 Å². The van der Waals surface area contributed by atoms with Gasteiger partial charge in [-0.1, -0.05) is 60.7 Å². The van der Waals surface area contributed by atoms with Crippen molar-refractivity contribution in [1.82, 2.24) is 15.1 Å². The van der Waals surface area contributed by atoms with E-state index in [9.17, 15) is 9.59 Å². The Labute approximate surface area is 172 Å². The number of nitrogens with one attached hydrogen (secondary N) is 1. The van der Waals surface area contributed by atoms with E-state index in [-0.39, 0.29) is 0 Å². The molecule has 1 heterocycles. The maximum Gasteiger partial charge on any atom is 0.312 e. The van der Waals surface area contributed by atoms with Crippen molar-refractivity contribution in [2.24, 2.45) is 0 Å². The molecule has 6 heteroatoms. The molecule has 154 valence electrons. The topological polar surface area (TPSA) is 61.9 Å². The molecule has 0 bridgehead atoms. The summed E-state index contributed by atoms with van der Waals surface area (Å²) in [6.45, 7) is 5.56. The van der Waals surface area contributed by atoms with Gasteiger partial charge >= 0.3 is 11.8 Å². The minimum Gasteiger partial charge on any atom is -0.379 e. The van der Waals surface area contributed by atoms with Crippen LogP contribution in [0.1, 0.15) is 17.5 Å². The van der Waals surface area contributed by atoms with Crippen LogP contribution in [-0.4, -0.2) is 61.0 Å². The average molecular weight is 396 g/mol. The predicted octanol–water partition coefficient (Wildman–Crippen LogP) is 2.05. The summed E-state index contributed by atoms with van der Waals surface area (Å²) in [5.74, 6) is -1.04. The number of morpholine rings is 1. The highest BCUT2D eigenvalue weighted by Gasteiger charge is 2.22. The first-order chi connectivity index (χ1) is 14.2. The first-order valence-electron chi connectivity index (χ1n) is 10.2. The van der Waals surface area contributed by atoms with Gasteiger partial charge in [-0.2, -0.15) is 0 Å². The minimum absolute atomic E-state index is 0.399. The Bertz CT molecular complexity index is 720. The van der Waals surface area contributed by atoms with Gasteiger partial charge in [-0.3, -0.25) is 14.5 Å². The summed E-state index contributed by atoms with van der Waals surface area (Å²) in [4.78, 5) is 29.2. The number of hydrogen-bond donors (Lipinski definition) is 1. The Kier molecular flexibility index (Phi) is 8.22. The molecule has 3 rings (SSSR count). The van der Waals surface area contributed by atoms with Crippen molar-refractivity contribution in [2.75, 3.05) is 39.4 Å². The Balaban J connectivity index is 1.53. The van der Waals surface area contributed by atoms with Gasteiger partial charge in [0.2, 0.25) is 0 Å². The Hall–Kier alpha value is -2.70. The summed E-state index contributed by atoms with van der Waals surface area (Å²) in [5, 5.41) is 2.79. The van der Waals surface area contributed by atoms with Crippen molar-refractivity contribution in [3.8, 4) is 0 Å². The normalized spacial score (nSPS) is 14.3. The van der Waals surface area contributed by atoms with Crippen molar-refractivity contribution in [2.45, 2.75) is 19.5 Å². The monoisotopic (exact) mass is 395 g/mol. The molecule has 0 unspecified atom stereocenters. The molecule has 2 aromatic rings. The second-order valence-corrected chi connectivity index (χ2v) is 7.20. The highest BCUT2D eigenvalue weighted by molar-refractivity contribution is 6.34. The summed E-state index contributed by atoms with van der Waals surface area (Å²) in [6.07, 6.45) is 0.816. The Morgan fingerprint density at radius 1 is 0.897 bits per heavy atom. The zero-order valence-corrected chi connectivity index (χ0v) is 16.8. The Morgan fingerprint density at radius 3 is 2.00 bits per heavy atom. The van der Waals surface area contributed by atoms with Crippen LogP contribution in [0.4, 0.5) is 0 Å². The van der Waals surface area contributed by atoms with Crippen LogP contribution in [0.3, 0.4) is 0 Å². The SMILES string of the molecule is O=C(NCCCN1CCOCC1)C(=O)N(Cc1ccccc1)Cc1ccccc1. The van der Waals surface area contributed by atoms with Crippen molar-refractivity contribution in [3.63, 3.8) is 0 Å². The number of nitrogens with zero attached hydrogens (tertiary/aromatic N) is 2. The molecule has 1 aliphatic heterocycles. The van der Waals surface area contributed by atoms with E-state index >= 15 is 0 Å². The highest BCUT2D eigenvalue weighted by atomic mass is 16.5. The number of amides is 2. The zero-order valence-electron chi connectivity index (χ0n) is 16.8. The second kappa shape index (κ2) is 11.3. The van der Waals surface area contributed by atoms with E-state index in [0.29, 0.717) is 19.6 Å². The van der Waals surface area contributed by atoms with Crippen molar-refractivity contribution in [3.05, 3.63) is 71.8 Å². The third-order valence-corrected chi connectivity index (χ3v) is 4.95. The fraction of sp³-hybridized carbons (Fsp3) is 0.391. The van der Waals surface area contributed by atoms with Gasteiger partial charge in [0.1, 0.15) is 0 Å². The molecule has 0 aliphatic carbocycles. The van der Waals surface area contributed by atoms with E-state index in [1.807, 2.05) is 60.7 Å². The van der Waals surface area contributed by atoms with E-state index in [2.05, 4.69) is 10.2 Å². The molecule has 1 fully saturated rings. The quantitative estimate of drug-likeness (QED) is 0.549. The van der Waals surface area contributed by atoms with Crippen LogP contribution in [0.5, 0.6) is 0 Å². The molecule has 1 aliphatic rings. The van der Waals surface area contributed by atoms with E-state index in [1.54, 1.807) is 4.90 Å². The van der Waals surface area contributed by atoms with Crippen LogP contribution in [0.15, 0.2) is 60.7 Å². The average Bonchev–Trinajstić information content (AvgIpc) is 2.78. The molecule has 0 aromatic heterocycles. The molecule has 0 atom stereocenters.